The van der Waals surface area contributed by atoms with Crippen molar-refractivity contribution in [1.82, 2.24) is 5.48 Å². The number of hydroxylamine groups is 1. The number of halogens is 1. The van der Waals surface area contributed by atoms with E-state index in [2.05, 4.69) is 21.2 Å². The molecule has 0 unspecified atom stereocenters. The Balaban J connectivity index is 2.36. The lowest BCUT2D eigenvalue weighted by Crippen LogP contribution is -2.28. The molecule has 8 nitrogen and oxygen atoms in total. The summed E-state index contributed by atoms with van der Waals surface area (Å²) in [6, 6.07) is 14.0. The summed E-state index contributed by atoms with van der Waals surface area (Å²) in [6.07, 6.45) is 1.12. The minimum atomic E-state index is -0.873. The molecule has 2 aromatic rings. The summed E-state index contributed by atoms with van der Waals surface area (Å²) < 4.78 is 12.3. The summed E-state index contributed by atoms with van der Waals surface area (Å²) in [6.45, 7) is 3.44. The number of carbonyl (C=O) groups excluding carboxylic acids is 2. The van der Waals surface area contributed by atoms with Gasteiger partial charge >= 0.3 is 6.09 Å². The molecular weight excluding hydrogens is 468 g/mol. The number of rotatable bonds is 9. The van der Waals surface area contributed by atoms with Gasteiger partial charge in [0.05, 0.1) is 6.61 Å². The number of hydrogen-bond acceptors (Lipinski definition) is 6. The fourth-order valence-corrected chi connectivity index (χ4v) is 3.07. The van der Waals surface area contributed by atoms with Crippen molar-refractivity contribution in [3.05, 3.63) is 70.7 Å². The number of anilines is 1. The molecule has 9 heteroatoms. The van der Waals surface area contributed by atoms with Gasteiger partial charge in [0, 0.05) is 27.2 Å². The average molecular weight is 493 g/mol. The van der Waals surface area contributed by atoms with Crippen molar-refractivity contribution in [3.63, 3.8) is 0 Å². The number of carbonyl (C=O) groups is 2. The molecule has 4 N–H and O–H groups in total. The Labute approximate surface area is 189 Å². The molecule has 0 aromatic heterocycles. The Hall–Kier alpha value is -2.88. The van der Waals surface area contributed by atoms with E-state index in [4.69, 9.17) is 19.8 Å². The van der Waals surface area contributed by atoms with E-state index in [0.29, 0.717) is 17.0 Å². The molecule has 31 heavy (non-hydrogen) atoms. The van der Waals surface area contributed by atoms with Crippen LogP contribution in [0.5, 0.6) is 5.75 Å². The lowest BCUT2D eigenvalue weighted by molar-refractivity contribution is -0.124. The van der Waals surface area contributed by atoms with Crippen LogP contribution in [0.2, 0.25) is 0 Å². The van der Waals surface area contributed by atoms with E-state index in [1.165, 1.54) is 11.6 Å². The zero-order valence-corrected chi connectivity index (χ0v) is 18.8. The van der Waals surface area contributed by atoms with Crippen LogP contribution in [0.15, 0.2) is 65.2 Å². The normalized spacial score (nSPS) is 12.3. The molecule has 2 aromatic carbocycles. The molecule has 1 atom stereocenters. The van der Waals surface area contributed by atoms with Crippen LogP contribution in [0.25, 0.3) is 0 Å². The van der Waals surface area contributed by atoms with Gasteiger partial charge in [-0.15, -0.1) is 0 Å². The van der Waals surface area contributed by atoms with Crippen molar-refractivity contribution in [2.24, 2.45) is 5.41 Å². The summed E-state index contributed by atoms with van der Waals surface area (Å²) in [5.41, 5.74) is 1.76. The second-order valence-electron chi connectivity index (χ2n) is 7.16. The van der Waals surface area contributed by atoms with Crippen molar-refractivity contribution in [3.8, 4) is 5.75 Å². The molecule has 0 fully saturated rings. The van der Waals surface area contributed by atoms with Gasteiger partial charge in [0.25, 0.3) is 5.91 Å². The first-order chi connectivity index (χ1) is 14.8. The Morgan fingerprint density at radius 1 is 1.16 bits per heavy atom. The number of ether oxygens (including phenoxy) is 2. The molecule has 0 aliphatic carbocycles. The third kappa shape index (κ3) is 7.39. The van der Waals surface area contributed by atoms with Gasteiger partial charge in [-0.1, -0.05) is 54.1 Å². The Morgan fingerprint density at radius 3 is 2.48 bits per heavy atom. The number of amides is 2. The van der Waals surface area contributed by atoms with Crippen molar-refractivity contribution in [2.75, 3.05) is 18.5 Å². The van der Waals surface area contributed by atoms with Gasteiger partial charge in [-0.25, -0.2) is 10.3 Å². The van der Waals surface area contributed by atoms with Crippen molar-refractivity contribution in [2.45, 2.75) is 20.0 Å². The first kappa shape index (κ1) is 24.4. The van der Waals surface area contributed by atoms with Crippen LogP contribution in [0, 0.1) is 5.41 Å². The molecule has 166 valence electrons. The standard InChI is InChI=1S/C22H25BrN2O6/c1-22(2,12-11-19(27)25-29)20(17-5-3-4-6-18(17)30-14-13-26)31-21(28)24-16-9-7-15(23)8-10-16/h3-12,20,26,29H,13-14H2,1-2H3,(H,24,28)(H,25,27)/b12-11+/t20-/m0/s1. The zero-order chi connectivity index (χ0) is 22.9. The van der Waals surface area contributed by atoms with Crippen LogP contribution in [0.3, 0.4) is 0 Å². The van der Waals surface area contributed by atoms with Crippen LogP contribution < -0.4 is 15.5 Å². The summed E-state index contributed by atoms with van der Waals surface area (Å²) in [7, 11) is 0. The highest BCUT2D eigenvalue weighted by molar-refractivity contribution is 9.10. The van der Waals surface area contributed by atoms with Gasteiger partial charge < -0.3 is 14.6 Å². The molecule has 0 heterocycles. The molecule has 0 saturated carbocycles. The van der Waals surface area contributed by atoms with E-state index in [-0.39, 0.29) is 13.2 Å². The molecule has 0 aliphatic heterocycles. The number of hydrogen-bond donors (Lipinski definition) is 4. The number of nitrogens with one attached hydrogen (secondary N) is 2. The predicted octanol–water partition coefficient (Wildman–Crippen LogP) is 4.20. The fraction of sp³-hybridized carbons (Fsp3) is 0.273. The maximum Gasteiger partial charge on any atom is 0.412 e. The van der Waals surface area contributed by atoms with Crippen LogP contribution in [-0.2, 0) is 9.53 Å². The molecule has 0 spiro atoms. The number of aliphatic hydroxyl groups excluding tert-OH is 1. The van der Waals surface area contributed by atoms with Crippen molar-refractivity contribution in [1.29, 1.82) is 0 Å². The molecule has 0 aliphatic rings. The minimum Gasteiger partial charge on any atom is -0.491 e. The Morgan fingerprint density at radius 2 is 1.84 bits per heavy atom. The maximum absolute atomic E-state index is 12.7. The van der Waals surface area contributed by atoms with E-state index in [9.17, 15) is 9.59 Å². The minimum absolute atomic E-state index is 0.0675. The fourth-order valence-electron chi connectivity index (χ4n) is 2.80. The van der Waals surface area contributed by atoms with Crippen LogP contribution in [0.4, 0.5) is 10.5 Å². The molecular formula is C22H25BrN2O6. The van der Waals surface area contributed by atoms with E-state index in [0.717, 1.165) is 10.5 Å². The number of aliphatic hydroxyl groups is 1. The SMILES string of the molecule is CC(C)(/C=C/C(=O)NO)[C@@H](OC(=O)Nc1ccc(Br)cc1)c1ccccc1OCCO. The summed E-state index contributed by atoms with van der Waals surface area (Å²) in [5, 5.41) is 20.6. The predicted molar refractivity (Wildman–Crippen MR) is 119 cm³/mol. The molecule has 2 rings (SSSR count). The highest BCUT2D eigenvalue weighted by Crippen LogP contribution is 2.42. The van der Waals surface area contributed by atoms with Gasteiger partial charge in [0.2, 0.25) is 0 Å². The highest BCUT2D eigenvalue weighted by atomic mass is 79.9. The third-order valence-electron chi connectivity index (χ3n) is 4.32. The third-order valence-corrected chi connectivity index (χ3v) is 4.84. The smallest absolute Gasteiger partial charge is 0.412 e. The quantitative estimate of drug-likeness (QED) is 0.236. The largest absolute Gasteiger partial charge is 0.491 e. The second-order valence-corrected chi connectivity index (χ2v) is 8.07. The first-order valence-corrected chi connectivity index (χ1v) is 10.2. The average Bonchev–Trinajstić information content (AvgIpc) is 2.76. The monoisotopic (exact) mass is 492 g/mol. The van der Waals surface area contributed by atoms with E-state index >= 15 is 0 Å². The number of benzene rings is 2. The van der Waals surface area contributed by atoms with Gasteiger partial charge in [0.15, 0.2) is 0 Å². The van der Waals surface area contributed by atoms with Gasteiger partial charge in [-0.05, 0) is 30.3 Å². The van der Waals surface area contributed by atoms with Crippen LogP contribution in [-0.4, -0.2) is 35.5 Å². The molecule has 2 amide bonds. The van der Waals surface area contributed by atoms with E-state index < -0.39 is 23.5 Å². The van der Waals surface area contributed by atoms with Crippen molar-refractivity contribution >= 4 is 33.6 Å². The lowest BCUT2D eigenvalue weighted by atomic mass is 9.81. The molecule has 0 bridgehead atoms. The Bertz CT molecular complexity index is 914. The van der Waals surface area contributed by atoms with Gasteiger partial charge in [-0.3, -0.25) is 15.3 Å². The first-order valence-electron chi connectivity index (χ1n) is 9.46. The lowest BCUT2D eigenvalue weighted by Gasteiger charge is -2.32. The van der Waals surface area contributed by atoms with E-state index in [1.54, 1.807) is 62.4 Å². The van der Waals surface area contributed by atoms with E-state index in [1.807, 2.05) is 0 Å². The maximum atomic E-state index is 12.7. The van der Waals surface area contributed by atoms with Crippen molar-refractivity contribution < 1.29 is 29.4 Å². The van der Waals surface area contributed by atoms with Gasteiger partial charge in [-0.2, -0.15) is 0 Å². The summed E-state index contributed by atoms with van der Waals surface area (Å²) in [5.74, 6) is -0.276. The summed E-state index contributed by atoms with van der Waals surface area (Å²) in [4.78, 5) is 24.2. The second kappa shape index (κ2) is 11.5. The summed E-state index contributed by atoms with van der Waals surface area (Å²) >= 11 is 3.34. The Kier molecular flexibility index (Phi) is 9.04. The van der Waals surface area contributed by atoms with Crippen LogP contribution >= 0.6 is 15.9 Å². The molecule has 0 saturated heterocycles. The zero-order valence-electron chi connectivity index (χ0n) is 17.2. The van der Waals surface area contributed by atoms with Crippen LogP contribution in [0.1, 0.15) is 25.5 Å². The number of para-hydroxylation sites is 1. The molecule has 0 radical (unpaired) electrons. The van der Waals surface area contributed by atoms with Gasteiger partial charge in [0.1, 0.15) is 18.5 Å². The topological polar surface area (TPSA) is 117 Å². The highest BCUT2D eigenvalue weighted by Gasteiger charge is 2.34.